The number of ether oxygens (including phenoxy) is 1. The Morgan fingerprint density at radius 3 is 2.41 bits per heavy atom. The van der Waals surface area contributed by atoms with Crippen LogP contribution < -0.4 is 10.7 Å². The van der Waals surface area contributed by atoms with Crippen molar-refractivity contribution in [2.45, 2.75) is 92.0 Å². The molecular formula is C52H70N8O8. The average molecular weight is 935 g/mol. The fourth-order valence-electron chi connectivity index (χ4n) is 10.1. The van der Waals surface area contributed by atoms with Crippen molar-refractivity contribution in [1.82, 2.24) is 35.1 Å². The van der Waals surface area contributed by atoms with Gasteiger partial charge in [-0.3, -0.25) is 29.3 Å². The average Bonchev–Trinajstić information content (AvgIpc) is 3.62. The molecule has 3 amide bonds. The van der Waals surface area contributed by atoms with E-state index in [1.165, 1.54) is 6.08 Å². The number of nitrogens with one attached hydrogen (secondary N) is 2. The van der Waals surface area contributed by atoms with E-state index < -0.39 is 17.5 Å². The number of hydrazine groups is 1. The number of benzene rings is 2. The Kier molecular flexibility index (Phi) is 17.0. The number of carbonyl (C=O) groups is 4. The molecule has 16 nitrogen and oxygen atoms in total. The van der Waals surface area contributed by atoms with Gasteiger partial charge in [-0.25, -0.2) is 5.43 Å². The Hall–Kier alpha value is -5.97. The van der Waals surface area contributed by atoms with E-state index in [-0.39, 0.29) is 54.4 Å². The van der Waals surface area contributed by atoms with Crippen LogP contribution in [0.2, 0.25) is 0 Å². The standard InChI is InChI=1S/C43H59N7O6.C9H11NO2/c1-10-49-37-16-15-30(24-34(37)35(25-43(5,6)26-56-47-54)40(49)33-14-13-17-44-38(33)28(4)55-9)31-20-29(21-32(51)23-31)22-36(42(53)50-19-12-11-18-45-50)46-41(52)39(27(2)3)48(7)8;1-2-9(12)10-3-6-7(4-10)8(6)5-11/h13-17,20-21,23-24,27-28,36,39,45,51H,10-12,18-19,22,25-26H2,1-9H3,(H,46,52);2,5-8H,1,3-4H2. The lowest BCUT2D eigenvalue weighted by molar-refractivity contribution is -0.141. The molecule has 2 aliphatic heterocycles. The van der Waals surface area contributed by atoms with E-state index in [9.17, 15) is 29.2 Å². The maximum atomic E-state index is 14.0. The lowest BCUT2D eigenvalue weighted by Crippen LogP contribution is -2.58. The van der Waals surface area contributed by atoms with Crippen LogP contribution in [0.15, 0.2) is 72.7 Å². The second kappa shape index (κ2) is 22.4. The van der Waals surface area contributed by atoms with Crippen LogP contribution in [0.5, 0.6) is 5.75 Å². The van der Waals surface area contributed by atoms with Crippen LogP contribution in [-0.4, -0.2) is 120 Å². The number of carbonyl (C=O) groups excluding carboxylic acids is 4. The normalized spacial score (nSPS) is 19.1. The minimum absolute atomic E-state index is 0.00755. The van der Waals surface area contributed by atoms with Gasteiger partial charge in [0.25, 0.3) is 5.91 Å². The van der Waals surface area contributed by atoms with Crippen LogP contribution in [0.1, 0.15) is 77.3 Å². The molecule has 0 radical (unpaired) electrons. The van der Waals surface area contributed by atoms with Gasteiger partial charge >= 0.3 is 0 Å². The van der Waals surface area contributed by atoms with Crippen LogP contribution in [-0.2, 0) is 48.1 Å². The summed E-state index contributed by atoms with van der Waals surface area (Å²) in [7, 11) is 5.40. The molecule has 0 bridgehead atoms. The Morgan fingerprint density at radius 2 is 1.81 bits per heavy atom. The first-order valence-electron chi connectivity index (χ1n) is 23.8. The van der Waals surface area contributed by atoms with E-state index >= 15 is 0 Å². The number of phenolic OH excluding ortho intramolecular Hbond substituents is 1. The largest absolute Gasteiger partial charge is 0.508 e. The number of nitrogens with zero attached hydrogens (tertiary/aromatic N) is 6. The molecule has 7 rings (SSSR count). The number of likely N-dealkylation sites (tertiary alicyclic amines) is 1. The van der Waals surface area contributed by atoms with Gasteiger partial charge in [0.2, 0.25) is 11.8 Å². The minimum atomic E-state index is -0.854. The quantitative estimate of drug-likeness (QED) is 0.0385. The summed E-state index contributed by atoms with van der Waals surface area (Å²) in [6, 6.07) is 14.3. The highest BCUT2D eigenvalue weighted by atomic mass is 16.7. The Morgan fingerprint density at radius 1 is 1.07 bits per heavy atom. The van der Waals surface area contributed by atoms with Crippen LogP contribution in [0.4, 0.5) is 0 Å². The molecular weight excluding hydrogens is 865 g/mol. The predicted octanol–water partition coefficient (Wildman–Crippen LogP) is 6.89. The van der Waals surface area contributed by atoms with Crippen molar-refractivity contribution in [3.8, 4) is 28.1 Å². The maximum absolute atomic E-state index is 14.0. The molecule has 5 unspecified atom stereocenters. The van der Waals surface area contributed by atoms with Crippen LogP contribution in [0, 0.1) is 34.0 Å². The number of likely N-dealkylation sites (N-methyl/N-ethyl adjacent to an activating group) is 1. The third-order valence-electron chi connectivity index (χ3n) is 13.6. The summed E-state index contributed by atoms with van der Waals surface area (Å²) in [5, 5.41) is 19.5. The summed E-state index contributed by atoms with van der Waals surface area (Å²) in [4.78, 5) is 73.6. The van der Waals surface area contributed by atoms with E-state index in [4.69, 9.17) is 14.6 Å². The smallest absolute Gasteiger partial charge is 0.259 e. The van der Waals surface area contributed by atoms with Gasteiger partial charge in [-0.1, -0.05) is 46.4 Å². The van der Waals surface area contributed by atoms with Gasteiger partial charge in [-0.15, -0.1) is 4.91 Å². The number of piperidine rings is 1. The molecule has 0 spiro atoms. The highest BCUT2D eigenvalue weighted by Crippen LogP contribution is 2.50. The first-order valence-corrected chi connectivity index (χ1v) is 23.8. The summed E-state index contributed by atoms with van der Waals surface area (Å²) in [6.07, 6.45) is 6.46. The van der Waals surface area contributed by atoms with Crippen molar-refractivity contribution >= 4 is 34.9 Å². The highest BCUT2D eigenvalue weighted by molar-refractivity contribution is 5.95. The van der Waals surface area contributed by atoms with Gasteiger partial charge in [0.1, 0.15) is 24.7 Å². The monoisotopic (exact) mass is 935 g/mol. The number of aldehydes is 1. The zero-order chi connectivity index (χ0) is 49.4. The van der Waals surface area contributed by atoms with Crippen LogP contribution in [0.25, 0.3) is 33.3 Å². The fraction of sp³-hybridized carbons (Fsp3) is 0.519. The van der Waals surface area contributed by atoms with Gasteiger partial charge in [0.05, 0.1) is 23.5 Å². The molecule has 5 atom stereocenters. The lowest BCUT2D eigenvalue weighted by atomic mass is 9.84. The second-order valence-electron chi connectivity index (χ2n) is 19.7. The van der Waals surface area contributed by atoms with Crippen LogP contribution in [0.3, 0.4) is 0 Å². The zero-order valence-corrected chi connectivity index (χ0v) is 41.2. The summed E-state index contributed by atoms with van der Waals surface area (Å²) in [5.41, 5.74) is 9.94. The molecule has 4 heterocycles. The van der Waals surface area contributed by atoms with Gasteiger partial charge in [0, 0.05) is 80.3 Å². The summed E-state index contributed by atoms with van der Waals surface area (Å²) >= 11 is 0. The van der Waals surface area contributed by atoms with Crippen molar-refractivity contribution in [1.29, 1.82) is 0 Å². The van der Waals surface area contributed by atoms with Crippen molar-refractivity contribution in [2.24, 2.45) is 34.4 Å². The third kappa shape index (κ3) is 11.6. The molecule has 3 aliphatic rings. The second-order valence-corrected chi connectivity index (χ2v) is 19.7. The number of rotatable bonds is 19. The molecule has 3 N–H and O–H groups in total. The summed E-state index contributed by atoms with van der Waals surface area (Å²) < 4.78 is 8.04. The highest BCUT2D eigenvalue weighted by Gasteiger charge is 2.56. The zero-order valence-electron chi connectivity index (χ0n) is 41.2. The van der Waals surface area contributed by atoms with E-state index in [1.54, 1.807) is 35.3 Å². The molecule has 366 valence electrons. The van der Waals surface area contributed by atoms with Gasteiger partial charge in [-0.05, 0) is 130 Å². The molecule has 68 heavy (non-hydrogen) atoms. The third-order valence-corrected chi connectivity index (χ3v) is 13.6. The summed E-state index contributed by atoms with van der Waals surface area (Å²) in [5.74, 6) is 0.780. The number of aromatic nitrogens is 2. The number of aromatic hydroxyl groups is 1. The lowest BCUT2D eigenvalue weighted by Gasteiger charge is -2.33. The van der Waals surface area contributed by atoms with Gasteiger partial charge < -0.3 is 34.3 Å². The molecule has 4 aromatic rings. The number of aryl methyl sites for hydroxylation is 1. The summed E-state index contributed by atoms with van der Waals surface area (Å²) in [6.45, 7) is 19.1. The number of hydrogen-bond acceptors (Lipinski definition) is 12. The van der Waals surface area contributed by atoms with E-state index in [1.807, 2.05) is 71.8 Å². The molecule has 1 saturated carbocycles. The van der Waals surface area contributed by atoms with Crippen molar-refractivity contribution in [3.05, 3.63) is 89.1 Å². The Labute approximate surface area is 400 Å². The number of hydrogen-bond donors (Lipinski definition) is 3. The van der Waals surface area contributed by atoms with E-state index in [0.29, 0.717) is 43.5 Å². The number of fused-ring (bicyclic) bond motifs is 2. The maximum Gasteiger partial charge on any atom is 0.259 e. The molecule has 16 heteroatoms. The molecule has 3 fully saturated rings. The van der Waals surface area contributed by atoms with Crippen molar-refractivity contribution in [3.63, 3.8) is 0 Å². The Balaban J connectivity index is 0.000000546. The van der Waals surface area contributed by atoms with Crippen molar-refractivity contribution < 1.29 is 33.9 Å². The van der Waals surface area contributed by atoms with Gasteiger partial charge in [-0.2, -0.15) is 0 Å². The predicted molar refractivity (Wildman–Crippen MR) is 263 cm³/mol. The Bertz CT molecular complexity index is 2440. The molecule has 2 saturated heterocycles. The number of methoxy groups -OCH3 is 1. The first-order chi connectivity index (χ1) is 32.5. The molecule has 1 aliphatic carbocycles. The van der Waals surface area contributed by atoms with Crippen LogP contribution >= 0.6 is 0 Å². The first kappa shape index (κ1) is 51.4. The SMILES string of the molecule is C=CC(=O)N1CC2C(C=O)C2C1.CCn1c(-c2cccnc2C(C)OC)c(CC(C)(C)CON=O)c2cc(-c3cc(O)cc(CC(NC(=O)C(C(C)C)N(C)C)C(=O)N4CCCCN4)c3)ccc21. The number of phenols is 1. The molecule has 2 aromatic carbocycles. The van der Waals surface area contributed by atoms with Gasteiger partial charge in [0.15, 0.2) is 5.34 Å². The van der Waals surface area contributed by atoms with E-state index in [2.05, 4.69) is 52.4 Å². The van der Waals surface area contributed by atoms with E-state index in [0.717, 1.165) is 76.8 Å². The topological polar surface area (TPSA) is 188 Å². The van der Waals surface area contributed by atoms with Crippen molar-refractivity contribution in [2.75, 3.05) is 54.0 Å². The number of amides is 3. The fourth-order valence-corrected chi connectivity index (χ4v) is 10.1. The molecule has 2 aromatic heterocycles. The number of pyridine rings is 1. The minimum Gasteiger partial charge on any atom is -0.508 e.